The van der Waals surface area contributed by atoms with Crippen LogP contribution in [0.25, 0.3) is 10.9 Å². The zero-order chi connectivity index (χ0) is 15.7. The van der Waals surface area contributed by atoms with Crippen LogP contribution in [0.5, 0.6) is 0 Å². The molecule has 108 valence electrons. The monoisotopic (exact) mass is 308 g/mol. The van der Waals surface area contributed by atoms with Crippen molar-refractivity contribution in [2.24, 2.45) is 7.05 Å². The van der Waals surface area contributed by atoms with E-state index in [9.17, 15) is 10.1 Å². The molecular formula is C18H13ClN2O. The van der Waals surface area contributed by atoms with Gasteiger partial charge in [0.05, 0.1) is 6.07 Å². The first kappa shape index (κ1) is 14.4. The van der Waals surface area contributed by atoms with Crippen molar-refractivity contribution in [1.29, 1.82) is 5.26 Å². The fourth-order valence-electron chi connectivity index (χ4n) is 2.65. The summed E-state index contributed by atoms with van der Waals surface area (Å²) in [5.41, 5.74) is 2.13. The Kier molecular flexibility index (Phi) is 3.70. The van der Waals surface area contributed by atoms with Crippen LogP contribution in [0.15, 0.2) is 54.6 Å². The predicted octanol–water partition coefficient (Wildman–Crippen LogP) is 4.32. The summed E-state index contributed by atoms with van der Waals surface area (Å²) in [5, 5.41) is 11.0. The minimum Gasteiger partial charge on any atom is -0.346 e. The Hall–Kier alpha value is -2.57. The van der Waals surface area contributed by atoms with Gasteiger partial charge in [0.2, 0.25) is 0 Å². The van der Waals surface area contributed by atoms with Crippen LogP contribution in [0.2, 0.25) is 5.02 Å². The zero-order valence-electron chi connectivity index (χ0n) is 12.0. The number of hydrogen-bond acceptors (Lipinski definition) is 2. The summed E-state index contributed by atoms with van der Waals surface area (Å²) >= 11 is 5.94. The molecule has 3 rings (SSSR count). The number of nitrogens with zero attached hydrogens (tertiary/aromatic N) is 2. The van der Waals surface area contributed by atoms with Crippen molar-refractivity contribution in [2.45, 2.75) is 5.92 Å². The number of halogens is 1. The number of carbonyl (C=O) groups is 1. The quantitative estimate of drug-likeness (QED) is 0.676. The van der Waals surface area contributed by atoms with E-state index in [1.165, 1.54) is 0 Å². The number of aromatic nitrogens is 1. The van der Waals surface area contributed by atoms with E-state index in [0.717, 1.165) is 10.9 Å². The highest BCUT2D eigenvalue weighted by Crippen LogP contribution is 2.27. The van der Waals surface area contributed by atoms with Crippen molar-refractivity contribution in [3.05, 3.63) is 70.9 Å². The molecule has 4 heteroatoms. The van der Waals surface area contributed by atoms with Gasteiger partial charge in [-0.1, -0.05) is 41.9 Å². The lowest BCUT2D eigenvalue weighted by Gasteiger charge is -2.10. The summed E-state index contributed by atoms with van der Waals surface area (Å²) in [4.78, 5) is 12.7. The van der Waals surface area contributed by atoms with Crippen LogP contribution in [0.1, 0.15) is 22.0 Å². The number of para-hydroxylation sites is 1. The fraction of sp³-hybridized carbons (Fsp3) is 0.111. The van der Waals surface area contributed by atoms with Crippen molar-refractivity contribution in [3.63, 3.8) is 0 Å². The third-order valence-electron chi connectivity index (χ3n) is 3.78. The van der Waals surface area contributed by atoms with Crippen molar-refractivity contribution in [1.82, 2.24) is 4.57 Å². The summed E-state index contributed by atoms with van der Waals surface area (Å²) in [6.07, 6.45) is 0. The maximum absolute atomic E-state index is 12.7. The highest BCUT2D eigenvalue weighted by molar-refractivity contribution is 6.31. The second-order valence-corrected chi connectivity index (χ2v) is 5.56. The molecule has 3 nitrogen and oxygen atoms in total. The molecule has 0 fully saturated rings. The van der Waals surface area contributed by atoms with E-state index >= 15 is 0 Å². The van der Waals surface area contributed by atoms with E-state index in [4.69, 9.17) is 11.6 Å². The van der Waals surface area contributed by atoms with E-state index in [-0.39, 0.29) is 5.78 Å². The van der Waals surface area contributed by atoms with Gasteiger partial charge in [0, 0.05) is 28.8 Å². The van der Waals surface area contributed by atoms with Crippen LogP contribution in [0.4, 0.5) is 0 Å². The molecule has 2 aromatic carbocycles. The Bertz CT molecular complexity index is 905. The lowest BCUT2D eigenvalue weighted by molar-refractivity contribution is 0.0976. The smallest absolute Gasteiger partial charge is 0.186 e. The number of benzene rings is 2. The molecule has 1 atom stereocenters. The van der Waals surface area contributed by atoms with Gasteiger partial charge in [-0.25, -0.2) is 0 Å². The highest BCUT2D eigenvalue weighted by atomic mass is 35.5. The lowest BCUT2D eigenvalue weighted by Crippen LogP contribution is -2.14. The summed E-state index contributed by atoms with van der Waals surface area (Å²) in [6, 6.07) is 18.5. The summed E-state index contributed by atoms with van der Waals surface area (Å²) in [5.74, 6) is -1.09. The fourth-order valence-corrected chi connectivity index (χ4v) is 2.85. The normalized spacial score (nSPS) is 12.0. The van der Waals surface area contributed by atoms with Gasteiger partial charge in [-0.15, -0.1) is 0 Å². The molecule has 0 aliphatic carbocycles. The molecule has 0 saturated carbocycles. The molecule has 0 radical (unpaired) electrons. The number of rotatable bonds is 3. The number of nitriles is 1. The van der Waals surface area contributed by atoms with E-state index in [0.29, 0.717) is 16.3 Å². The highest BCUT2D eigenvalue weighted by Gasteiger charge is 2.25. The van der Waals surface area contributed by atoms with Gasteiger partial charge in [-0.05, 0) is 29.7 Å². The SMILES string of the molecule is Cn1c(C(C#N)C(=O)c2cccc(Cl)c2)cc2ccccc21. The van der Waals surface area contributed by atoms with Gasteiger partial charge >= 0.3 is 0 Å². The molecule has 1 heterocycles. The van der Waals surface area contributed by atoms with Crippen molar-refractivity contribution in [3.8, 4) is 6.07 Å². The first-order valence-electron chi connectivity index (χ1n) is 6.85. The number of carbonyl (C=O) groups excluding carboxylic acids is 1. The maximum Gasteiger partial charge on any atom is 0.186 e. The minimum atomic E-state index is -0.851. The van der Waals surface area contributed by atoms with Gasteiger partial charge in [0.15, 0.2) is 5.78 Å². The topological polar surface area (TPSA) is 45.8 Å². The van der Waals surface area contributed by atoms with Gasteiger partial charge in [0.1, 0.15) is 5.92 Å². The molecule has 0 bridgehead atoms. The molecular weight excluding hydrogens is 296 g/mol. The summed E-state index contributed by atoms with van der Waals surface area (Å²) in [7, 11) is 1.87. The molecule has 0 aliphatic rings. The molecule has 0 aliphatic heterocycles. The number of ketones is 1. The number of aryl methyl sites for hydroxylation is 1. The van der Waals surface area contributed by atoms with Gasteiger partial charge in [0.25, 0.3) is 0 Å². The lowest BCUT2D eigenvalue weighted by atomic mass is 9.95. The number of fused-ring (bicyclic) bond motifs is 1. The van der Waals surface area contributed by atoms with Gasteiger partial charge in [-0.2, -0.15) is 5.26 Å². The molecule has 1 unspecified atom stereocenters. The van der Waals surface area contributed by atoms with Crippen LogP contribution in [-0.2, 0) is 7.05 Å². The van der Waals surface area contributed by atoms with Crippen LogP contribution in [0, 0.1) is 11.3 Å². The molecule has 1 aromatic heterocycles. The maximum atomic E-state index is 12.7. The minimum absolute atomic E-state index is 0.240. The molecule has 22 heavy (non-hydrogen) atoms. The van der Waals surface area contributed by atoms with E-state index in [1.54, 1.807) is 24.3 Å². The third-order valence-corrected chi connectivity index (χ3v) is 4.02. The standard InChI is InChI=1S/C18H13ClN2O/c1-21-16-8-3-2-5-12(16)10-17(21)15(11-20)18(22)13-6-4-7-14(19)9-13/h2-10,15H,1H3. The predicted molar refractivity (Wildman–Crippen MR) is 87.1 cm³/mol. The van der Waals surface area contributed by atoms with Crippen LogP contribution >= 0.6 is 11.6 Å². The molecule has 0 spiro atoms. The molecule has 0 saturated heterocycles. The summed E-state index contributed by atoms with van der Waals surface area (Å²) in [6.45, 7) is 0. The Morgan fingerprint density at radius 3 is 2.64 bits per heavy atom. The van der Waals surface area contributed by atoms with E-state index < -0.39 is 5.92 Å². The van der Waals surface area contributed by atoms with Crippen molar-refractivity contribution >= 4 is 28.3 Å². The zero-order valence-corrected chi connectivity index (χ0v) is 12.7. The Balaban J connectivity index is 2.09. The second-order valence-electron chi connectivity index (χ2n) is 5.12. The van der Waals surface area contributed by atoms with Gasteiger partial charge < -0.3 is 4.57 Å². The first-order valence-corrected chi connectivity index (χ1v) is 7.23. The Morgan fingerprint density at radius 2 is 1.95 bits per heavy atom. The van der Waals surface area contributed by atoms with Crippen LogP contribution in [0.3, 0.4) is 0 Å². The molecule has 0 amide bonds. The summed E-state index contributed by atoms with van der Waals surface area (Å²) < 4.78 is 1.89. The van der Waals surface area contributed by atoms with Crippen LogP contribution in [-0.4, -0.2) is 10.4 Å². The van der Waals surface area contributed by atoms with Crippen molar-refractivity contribution in [2.75, 3.05) is 0 Å². The Labute approximate surface area is 133 Å². The average Bonchev–Trinajstić information content (AvgIpc) is 2.85. The number of Topliss-reactive ketones (excluding diaryl/α,β-unsaturated/α-hetero) is 1. The number of hydrogen-bond donors (Lipinski definition) is 0. The third kappa shape index (κ3) is 2.38. The van der Waals surface area contributed by atoms with Gasteiger partial charge in [-0.3, -0.25) is 4.79 Å². The molecule has 0 N–H and O–H groups in total. The van der Waals surface area contributed by atoms with E-state index in [1.807, 2.05) is 41.9 Å². The van der Waals surface area contributed by atoms with Crippen LogP contribution < -0.4 is 0 Å². The van der Waals surface area contributed by atoms with Crippen molar-refractivity contribution < 1.29 is 4.79 Å². The average molecular weight is 309 g/mol. The largest absolute Gasteiger partial charge is 0.346 e. The Morgan fingerprint density at radius 1 is 1.18 bits per heavy atom. The first-order chi connectivity index (χ1) is 10.6. The van der Waals surface area contributed by atoms with E-state index in [2.05, 4.69) is 6.07 Å². The molecule has 3 aromatic rings. The second kappa shape index (κ2) is 5.67.